The number of aromatic nitrogens is 1. The summed E-state index contributed by atoms with van der Waals surface area (Å²) in [5, 5.41) is 0.918. The van der Waals surface area contributed by atoms with Crippen LogP contribution in [0.5, 0.6) is 0 Å². The molecule has 2 saturated heterocycles. The molecule has 2 aliphatic heterocycles. The number of likely N-dealkylation sites (tertiary alicyclic amines) is 1. The van der Waals surface area contributed by atoms with Crippen LogP contribution >= 0.6 is 11.3 Å². The van der Waals surface area contributed by atoms with Gasteiger partial charge in [0.2, 0.25) is 0 Å². The molecular weight excluding hydrogens is 374 g/mol. The third kappa shape index (κ3) is 2.71. The van der Waals surface area contributed by atoms with Crippen molar-refractivity contribution in [2.24, 2.45) is 0 Å². The number of carbonyl (C=O) groups is 2. The number of hydrogen-bond donors (Lipinski definition) is 0. The number of amides is 2. The molecule has 6 nitrogen and oxygen atoms in total. The monoisotopic (exact) mass is 397 g/mol. The molecule has 1 aromatic carbocycles. The van der Waals surface area contributed by atoms with Gasteiger partial charge in [-0.3, -0.25) is 9.69 Å². The predicted octanol–water partition coefficient (Wildman–Crippen LogP) is 3.48. The van der Waals surface area contributed by atoms with Gasteiger partial charge in [-0.1, -0.05) is 24.3 Å². The number of thiazole rings is 1. The molecular formula is C21H23N3O3S. The van der Waals surface area contributed by atoms with E-state index >= 15 is 0 Å². The zero-order chi connectivity index (χ0) is 19.4. The maximum absolute atomic E-state index is 12.9. The summed E-state index contributed by atoms with van der Waals surface area (Å²) in [6.45, 7) is 5.13. The summed E-state index contributed by atoms with van der Waals surface area (Å²) in [7, 11) is 0. The molecule has 5 rings (SSSR count). The molecule has 0 bridgehead atoms. The summed E-state index contributed by atoms with van der Waals surface area (Å²) in [4.78, 5) is 34.4. The fourth-order valence-electron chi connectivity index (χ4n) is 4.87. The van der Waals surface area contributed by atoms with Crippen molar-refractivity contribution in [1.82, 2.24) is 14.8 Å². The number of fused-ring (bicyclic) bond motifs is 3. The van der Waals surface area contributed by atoms with Gasteiger partial charge in [-0.05, 0) is 37.8 Å². The first-order valence-electron chi connectivity index (χ1n) is 9.83. The van der Waals surface area contributed by atoms with E-state index in [2.05, 4.69) is 17.1 Å². The van der Waals surface area contributed by atoms with Crippen molar-refractivity contribution in [3.63, 3.8) is 0 Å². The smallest absolute Gasteiger partial charge is 0.411 e. The SMILES string of the molecule is Cc1nc(C)c(C(=O)N2CCC(N3C(=O)OC4Cc5ccccc5C43)CC2)s1. The van der Waals surface area contributed by atoms with Gasteiger partial charge in [-0.25, -0.2) is 9.78 Å². The van der Waals surface area contributed by atoms with Crippen LogP contribution in [-0.4, -0.2) is 52.0 Å². The predicted molar refractivity (Wildman–Crippen MR) is 106 cm³/mol. The second-order valence-electron chi connectivity index (χ2n) is 7.85. The summed E-state index contributed by atoms with van der Waals surface area (Å²) < 4.78 is 5.70. The van der Waals surface area contributed by atoms with Crippen molar-refractivity contribution in [2.45, 2.75) is 51.3 Å². The topological polar surface area (TPSA) is 62.7 Å². The molecule has 1 aliphatic carbocycles. The third-order valence-electron chi connectivity index (χ3n) is 6.15. The molecule has 7 heteroatoms. The van der Waals surface area contributed by atoms with Crippen LogP contribution in [0.3, 0.4) is 0 Å². The summed E-state index contributed by atoms with van der Waals surface area (Å²) in [6.07, 6.45) is 2.08. The van der Waals surface area contributed by atoms with Crippen molar-refractivity contribution in [2.75, 3.05) is 13.1 Å². The molecule has 1 aromatic heterocycles. The van der Waals surface area contributed by atoms with E-state index in [-0.39, 0.29) is 30.2 Å². The minimum Gasteiger partial charge on any atom is -0.443 e. The van der Waals surface area contributed by atoms with Crippen LogP contribution < -0.4 is 0 Å². The average molecular weight is 398 g/mol. The number of piperidine rings is 1. The van der Waals surface area contributed by atoms with E-state index in [1.165, 1.54) is 22.5 Å². The first kappa shape index (κ1) is 17.7. The second kappa shape index (κ2) is 6.58. The van der Waals surface area contributed by atoms with E-state index in [1.807, 2.05) is 35.8 Å². The fraction of sp³-hybridized carbons (Fsp3) is 0.476. The quantitative estimate of drug-likeness (QED) is 0.778. The Labute approximate surface area is 168 Å². The van der Waals surface area contributed by atoms with Gasteiger partial charge in [0.1, 0.15) is 11.0 Å². The van der Waals surface area contributed by atoms with Crippen LogP contribution in [0.25, 0.3) is 0 Å². The minimum absolute atomic E-state index is 0.0161. The standard InChI is InChI=1S/C21H23N3O3S/c1-12-19(28-13(2)22-12)20(25)23-9-7-15(8-10-23)24-18-16-6-4-3-5-14(16)11-17(18)27-21(24)26/h3-6,15,17-18H,7-11H2,1-2H3. The number of rotatable bonds is 2. The van der Waals surface area contributed by atoms with E-state index in [1.54, 1.807) is 0 Å². The lowest BCUT2D eigenvalue weighted by atomic mass is 9.99. The van der Waals surface area contributed by atoms with Crippen LogP contribution in [0.15, 0.2) is 24.3 Å². The first-order chi connectivity index (χ1) is 13.5. The largest absolute Gasteiger partial charge is 0.443 e. The van der Waals surface area contributed by atoms with Crippen LogP contribution in [0, 0.1) is 13.8 Å². The van der Waals surface area contributed by atoms with Crippen LogP contribution in [0.4, 0.5) is 4.79 Å². The molecule has 0 saturated carbocycles. The van der Waals surface area contributed by atoms with Crippen molar-refractivity contribution < 1.29 is 14.3 Å². The van der Waals surface area contributed by atoms with Gasteiger partial charge < -0.3 is 9.64 Å². The Morgan fingerprint density at radius 3 is 2.68 bits per heavy atom. The minimum atomic E-state index is -0.205. The Hall–Kier alpha value is -2.41. The molecule has 0 N–H and O–H groups in total. The average Bonchev–Trinajstić information content (AvgIpc) is 3.31. The molecule has 3 heterocycles. The highest BCUT2D eigenvalue weighted by molar-refractivity contribution is 7.13. The van der Waals surface area contributed by atoms with Gasteiger partial charge in [-0.2, -0.15) is 0 Å². The second-order valence-corrected chi connectivity index (χ2v) is 9.05. The lowest BCUT2D eigenvalue weighted by molar-refractivity contribution is 0.0639. The van der Waals surface area contributed by atoms with E-state index in [0.29, 0.717) is 13.1 Å². The van der Waals surface area contributed by atoms with Crippen LogP contribution in [0.2, 0.25) is 0 Å². The fourth-order valence-corrected chi connectivity index (χ4v) is 5.76. The molecule has 2 amide bonds. The highest BCUT2D eigenvalue weighted by Crippen LogP contribution is 2.44. The number of hydrogen-bond acceptors (Lipinski definition) is 5. The summed E-state index contributed by atoms with van der Waals surface area (Å²) in [5.74, 6) is 0.0645. The lowest BCUT2D eigenvalue weighted by Gasteiger charge is -2.37. The number of benzene rings is 1. The Kier molecular flexibility index (Phi) is 4.16. The highest BCUT2D eigenvalue weighted by Gasteiger charge is 2.50. The zero-order valence-electron chi connectivity index (χ0n) is 16.1. The number of ether oxygens (including phenoxy) is 1. The van der Waals surface area contributed by atoms with Gasteiger partial charge >= 0.3 is 6.09 Å². The molecule has 0 spiro atoms. The van der Waals surface area contributed by atoms with E-state index in [0.717, 1.165) is 34.8 Å². The van der Waals surface area contributed by atoms with Crippen molar-refractivity contribution in [3.05, 3.63) is 51.0 Å². The van der Waals surface area contributed by atoms with Gasteiger partial charge in [0, 0.05) is 25.6 Å². The molecule has 146 valence electrons. The maximum Gasteiger partial charge on any atom is 0.411 e. The summed E-state index contributed by atoms with van der Waals surface area (Å²) in [5.41, 5.74) is 3.30. The Bertz CT molecular complexity index is 948. The number of aryl methyl sites for hydroxylation is 2. The van der Waals surface area contributed by atoms with Crippen molar-refractivity contribution in [3.8, 4) is 0 Å². The van der Waals surface area contributed by atoms with Gasteiger partial charge in [0.25, 0.3) is 5.91 Å². The van der Waals surface area contributed by atoms with E-state index in [9.17, 15) is 9.59 Å². The molecule has 0 radical (unpaired) electrons. The zero-order valence-corrected chi connectivity index (χ0v) is 16.9. The van der Waals surface area contributed by atoms with E-state index < -0.39 is 0 Å². The molecule has 2 unspecified atom stereocenters. The summed E-state index contributed by atoms with van der Waals surface area (Å²) in [6, 6.07) is 8.44. The molecule has 28 heavy (non-hydrogen) atoms. The van der Waals surface area contributed by atoms with Crippen molar-refractivity contribution in [1.29, 1.82) is 0 Å². The highest BCUT2D eigenvalue weighted by atomic mass is 32.1. The van der Waals surface area contributed by atoms with Gasteiger partial charge in [0.05, 0.1) is 16.7 Å². The Morgan fingerprint density at radius 2 is 1.96 bits per heavy atom. The molecule has 3 aliphatic rings. The molecule has 2 fully saturated rings. The van der Waals surface area contributed by atoms with E-state index in [4.69, 9.17) is 4.74 Å². The number of carbonyl (C=O) groups excluding carboxylic acids is 2. The molecule has 2 aromatic rings. The maximum atomic E-state index is 12.9. The van der Waals surface area contributed by atoms with Crippen LogP contribution in [0.1, 0.15) is 50.4 Å². The lowest BCUT2D eigenvalue weighted by Crippen LogP contribution is -2.47. The van der Waals surface area contributed by atoms with Crippen molar-refractivity contribution >= 4 is 23.3 Å². The first-order valence-corrected chi connectivity index (χ1v) is 10.6. The van der Waals surface area contributed by atoms with Gasteiger partial charge in [-0.15, -0.1) is 11.3 Å². The molecule has 2 atom stereocenters. The Balaban J connectivity index is 1.31. The number of nitrogens with zero attached hydrogens (tertiary/aromatic N) is 3. The summed E-state index contributed by atoms with van der Waals surface area (Å²) >= 11 is 1.46. The van der Waals surface area contributed by atoms with Gasteiger partial charge in [0.15, 0.2) is 0 Å². The van der Waals surface area contributed by atoms with Crippen LogP contribution in [-0.2, 0) is 11.2 Å². The normalized spacial score (nSPS) is 24.3. The Morgan fingerprint density at radius 1 is 1.21 bits per heavy atom. The third-order valence-corrected chi connectivity index (χ3v) is 7.21.